The number of carboxylic acids is 1. The fraction of sp³-hybridized carbons (Fsp3) is 0.571. The summed E-state index contributed by atoms with van der Waals surface area (Å²) >= 11 is 0. The molecule has 0 fully saturated rings. The lowest BCUT2D eigenvalue weighted by Crippen LogP contribution is -2.43. The molecule has 2 amide bonds. The van der Waals surface area contributed by atoms with Crippen LogP contribution in [0, 0.1) is 20.2 Å². The van der Waals surface area contributed by atoms with Gasteiger partial charge >= 0.3 is 5.97 Å². The van der Waals surface area contributed by atoms with Crippen LogP contribution in [0.15, 0.2) is 12.5 Å². The lowest BCUT2D eigenvalue weighted by molar-refractivity contribution is -0.790. The number of amides is 2. The zero-order chi connectivity index (χ0) is 23.2. The number of carbonyl (C=O) groups excluding carboxylic acids is 2. The van der Waals surface area contributed by atoms with Crippen molar-refractivity contribution < 1.29 is 44.1 Å². The van der Waals surface area contributed by atoms with Crippen LogP contribution in [0.1, 0.15) is 12.1 Å². The Morgan fingerprint density at radius 2 is 1.94 bits per heavy atom. The molecule has 0 saturated carbocycles. The average Bonchev–Trinajstić information content (AvgIpc) is 3.18. The van der Waals surface area contributed by atoms with Gasteiger partial charge in [0.05, 0.1) is 18.6 Å². The molecule has 2 atom stereocenters. The highest BCUT2D eigenvalue weighted by Gasteiger charge is 2.21. The zero-order valence-electron chi connectivity index (χ0n) is 15.9. The van der Waals surface area contributed by atoms with E-state index in [1.165, 1.54) is 12.5 Å². The number of rotatable bonds is 16. The van der Waals surface area contributed by atoms with E-state index in [1.54, 1.807) is 0 Å². The molecule has 0 radical (unpaired) electrons. The van der Waals surface area contributed by atoms with Gasteiger partial charge in [-0.2, -0.15) is 0 Å². The molecule has 172 valence electrons. The molecule has 0 bridgehead atoms. The highest BCUT2D eigenvalue weighted by Crippen LogP contribution is 2.00. The number of aromatic nitrogens is 2. The van der Waals surface area contributed by atoms with Gasteiger partial charge in [0.1, 0.15) is 19.3 Å². The topological polar surface area (TPSA) is 238 Å². The van der Waals surface area contributed by atoms with Crippen LogP contribution in [0.4, 0.5) is 0 Å². The summed E-state index contributed by atoms with van der Waals surface area (Å²) in [4.78, 5) is 69.8. The summed E-state index contributed by atoms with van der Waals surface area (Å²) in [5.74, 6) is -2.56. The van der Waals surface area contributed by atoms with E-state index in [1.807, 2.05) is 0 Å². The van der Waals surface area contributed by atoms with E-state index in [9.17, 15) is 34.6 Å². The van der Waals surface area contributed by atoms with Gasteiger partial charge in [0, 0.05) is 25.6 Å². The summed E-state index contributed by atoms with van der Waals surface area (Å²) in [6, 6.07) is -1.20. The molecule has 0 saturated heterocycles. The number of carboxylic acid groups (broad SMARTS) is 1. The van der Waals surface area contributed by atoms with Gasteiger partial charge in [0.25, 0.3) is 10.2 Å². The monoisotopic (exact) mass is 448 g/mol. The van der Waals surface area contributed by atoms with Gasteiger partial charge in [0.15, 0.2) is 6.10 Å². The van der Waals surface area contributed by atoms with Gasteiger partial charge in [-0.1, -0.05) is 0 Å². The van der Waals surface area contributed by atoms with Crippen LogP contribution in [0.2, 0.25) is 0 Å². The van der Waals surface area contributed by atoms with Crippen molar-refractivity contribution in [2.75, 3.05) is 26.4 Å². The van der Waals surface area contributed by atoms with Crippen molar-refractivity contribution >= 4 is 17.8 Å². The molecule has 17 nitrogen and oxygen atoms in total. The van der Waals surface area contributed by atoms with Crippen molar-refractivity contribution in [2.24, 2.45) is 0 Å². The molecule has 0 aliphatic carbocycles. The Bertz CT molecular complexity index is 756. The Morgan fingerprint density at radius 1 is 1.19 bits per heavy atom. The molecule has 0 aromatic carbocycles. The Balaban J connectivity index is 2.28. The molecule has 17 heteroatoms. The number of hydrogen-bond acceptors (Lipinski definition) is 11. The third-order valence-corrected chi connectivity index (χ3v) is 3.41. The summed E-state index contributed by atoms with van der Waals surface area (Å²) < 4.78 is 4.87. The number of nitrogens with one attached hydrogen (secondary N) is 3. The summed E-state index contributed by atoms with van der Waals surface area (Å²) in [5, 5.41) is 31.8. The number of ether oxygens (including phenoxy) is 1. The van der Waals surface area contributed by atoms with E-state index < -0.39 is 59.9 Å². The smallest absolute Gasteiger partial charge is 0.326 e. The van der Waals surface area contributed by atoms with Gasteiger partial charge in [-0.15, -0.1) is 20.2 Å². The maximum Gasteiger partial charge on any atom is 0.326 e. The molecule has 0 spiro atoms. The van der Waals surface area contributed by atoms with Gasteiger partial charge in [0.2, 0.25) is 11.8 Å². The molecule has 0 aliphatic rings. The number of aromatic amines is 1. The fourth-order valence-corrected chi connectivity index (χ4v) is 2.10. The second-order valence-corrected chi connectivity index (χ2v) is 5.81. The first-order chi connectivity index (χ1) is 14.7. The Morgan fingerprint density at radius 3 is 2.52 bits per heavy atom. The zero-order valence-corrected chi connectivity index (χ0v) is 15.9. The maximum atomic E-state index is 11.9. The van der Waals surface area contributed by atoms with Crippen molar-refractivity contribution in [1.82, 2.24) is 20.6 Å². The minimum Gasteiger partial charge on any atom is -0.480 e. The van der Waals surface area contributed by atoms with E-state index >= 15 is 0 Å². The largest absolute Gasteiger partial charge is 0.480 e. The van der Waals surface area contributed by atoms with Gasteiger partial charge in [-0.25, -0.2) is 9.78 Å². The average molecular weight is 448 g/mol. The van der Waals surface area contributed by atoms with Crippen molar-refractivity contribution in [3.05, 3.63) is 38.4 Å². The third kappa shape index (κ3) is 11.5. The summed E-state index contributed by atoms with van der Waals surface area (Å²) in [7, 11) is 0. The SMILES string of the molecule is O=C(COC[C@@H](CO[N+](=O)[O-])O[N+](=O)[O-])NCCC(=O)N[C@@H](Cc1c[nH]cn1)C(=O)O. The van der Waals surface area contributed by atoms with Crippen LogP contribution in [-0.4, -0.2) is 81.5 Å². The van der Waals surface area contributed by atoms with Crippen LogP contribution in [0.25, 0.3) is 0 Å². The van der Waals surface area contributed by atoms with Crippen molar-refractivity contribution in [3.8, 4) is 0 Å². The molecule has 1 rings (SSSR count). The van der Waals surface area contributed by atoms with Crippen molar-refractivity contribution in [1.29, 1.82) is 0 Å². The number of nitrogens with zero attached hydrogens (tertiary/aromatic N) is 3. The quantitative estimate of drug-likeness (QED) is 0.156. The minimum absolute atomic E-state index is 0.0294. The highest BCUT2D eigenvalue weighted by atomic mass is 17.0. The molecule has 1 aromatic heterocycles. The molecular formula is C14H20N6O11. The predicted octanol–water partition coefficient (Wildman–Crippen LogP) is -2.17. The van der Waals surface area contributed by atoms with Crippen LogP contribution < -0.4 is 10.6 Å². The van der Waals surface area contributed by atoms with Crippen molar-refractivity contribution in [2.45, 2.75) is 25.0 Å². The maximum absolute atomic E-state index is 11.9. The van der Waals surface area contributed by atoms with Crippen LogP contribution in [-0.2, 0) is 35.2 Å². The third-order valence-electron chi connectivity index (χ3n) is 3.41. The Labute approximate surface area is 173 Å². The van der Waals surface area contributed by atoms with Gasteiger partial charge < -0.3 is 35.1 Å². The van der Waals surface area contributed by atoms with Crippen LogP contribution >= 0.6 is 0 Å². The standard InChI is InChI=1S/C14H20N6O11/c21-12(18-11(14(23)24)3-9-4-15-8-17-9)1-2-16-13(22)7-29-5-10(31-20(27)28)6-30-19(25)26/h4,8,10-11H,1-3,5-7H2,(H,15,17)(H,16,22)(H,18,21)(H,23,24)/t10-,11-/m0/s1. The normalized spacial score (nSPS) is 12.3. The second kappa shape index (κ2) is 13.2. The number of carbonyl (C=O) groups is 3. The minimum atomic E-state index is -1.43. The van der Waals surface area contributed by atoms with Gasteiger partial charge in [-0.3, -0.25) is 9.59 Å². The van der Waals surface area contributed by atoms with Gasteiger partial charge in [-0.05, 0) is 0 Å². The Hall–Kier alpha value is -4.02. The second-order valence-electron chi connectivity index (χ2n) is 5.81. The summed E-state index contributed by atoms with van der Waals surface area (Å²) in [6.07, 6.45) is 1.18. The molecule has 31 heavy (non-hydrogen) atoms. The van der Waals surface area contributed by atoms with E-state index in [-0.39, 0.29) is 19.4 Å². The van der Waals surface area contributed by atoms with E-state index in [0.717, 1.165) is 0 Å². The van der Waals surface area contributed by atoms with E-state index in [2.05, 4.69) is 30.3 Å². The highest BCUT2D eigenvalue weighted by molar-refractivity contribution is 5.84. The first kappa shape index (κ1) is 25.0. The molecule has 1 heterocycles. The molecule has 4 N–H and O–H groups in total. The molecular weight excluding hydrogens is 428 g/mol. The predicted molar refractivity (Wildman–Crippen MR) is 95.1 cm³/mol. The first-order valence-electron chi connectivity index (χ1n) is 8.60. The summed E-state index contributed by atoms with van der Waals surface area (Å²) in [6.45, 7) is -2.04. The molecule has 0 unspecified atom stereocenters. The number of aliphatic carboxylic acids is 1. The van der Waals surface area contributed by atoms with Crippen LogP contribution in [0.3, 0.4) is 0 Å². The van der Waals surface area contributed by atoms with E-state index in [4.69, 9.17) is 9.84 Å². The van der Waals surface area contributed by atoms with Crippen LogP contribution in [0.5, 0.6) is 0 Å². The number of H-pyrrole nitrogens is 1. The first-order valence-corrected chi connectivity index (χ1v) is 8.60. The van der Waals surface area contributed by atoms with E-state index in [0.29, 0.717) is 5.69 Å². The lowest BCUT2D eigenvalue weighted by Gasteiger charge is -2.14. The number of hydrogen-bond donors (Lipinski definition) is 4. The molecule has 1 aromatic rings. The van der Waals surface area contributed by atoms with Crippen molar-refractivity contribution in [3.63, 3.8) is 0 Å². The lowest BCUT2D eigenvalue weighted by atomic mass is 10.1. The Kier molecular flexibility index (Phi) is 10.7. The fourth-order valence-electron chi connectivity index (χ4n) is 2.10. The number of imidazole rings is 1. The molecule has 0 aliphatic heterocycles. The summed E-state index contributed by atoms with van der Waals surface area (Å²) in [5.41, 5.74) is 0.445.